The van der Waals surface area contributed by atoms with Gasteiger partial charge in [0.2, 0.25) is 5.95 Å². The van der Waals surface area contributed by atoms with Crippen LogP contribution in [0.25, 0.3) is 10.2 Å². The lowest BCUT2D eigenvalue weighted by atomic mass is 10.1. The van der Waals surface area contributed by atoms with Gasteiger partial charge in [0.05, 0.1) is 10.2 Å². The molecule has 5 heteroatoms. The van der Waals surface area contributed by atoms with Gasteiger partial charge in [0.25, 0.3) is 0 Å². The van der Waals surface area contributed by atoms with Crippen LogP contribution in [0.5, 0.6) is 0 Å². The number of carbonyl (C=O) groups excluding carboxylic acids is 1. The van der Waals surface area contributed by atoms with E-state index in [0.717, 1.165) is 28.6 Å². The number of hydrogen-bond acceptors (Lipinski definition) is 5. The van der Waals surface area contributed by atoms with Gasteiger partial charge in [-0.3, -0.25) is 4.79 Å². The highest BCUT2D eigenvalue weighted by atomic mass is 32.1. The number of thiophene rings is 1. The largest absolute Gasteiger partial charge is 0.350 e. The summed E-state index contributed by atoms with van der Waals surface area (Å²) in [5, 5.41) is 5.21. The van der Waals surface area contributed by atoms with Crippen LogP contribution in [0.3, 0.4) is 0 Å². The van der Waals surface area contributed by atoms with Gasteiger partial charge in [0.15, 0.2) is 5.78 Å². The molecule has 0 radical (unpaired) electrons. The summed E-state index contributed by atoms with van der Waals surface area (Å²) in [4.78, 5) is 22.0. The van der Waals surface area contributed by atoms with Crippen LogP contribution in [0, 0.1) is 0 Å². The molecule has 140 valence electrons. The first kappa shape index (κ1) is 18.3. The van der Waals surface area contributed by atoms with Gasteiger partial charge in [-0.05, 0) is 35.4 Å². The molecule has 0 saturated heterocycles. The highest BCUT2D eigenvalue weighted by Gasteiger charge is 2.16. The first-order chi connectivity index (χ1) is 13.8. The van der Waals surface area contributed by atoms with Gasteiger partial charge < -0.3 is 5.32 Å². The van der Waals surface area contributed by atoms with Gasteiger partial charge in [0, 0.05) is 13.0 Å². The average molecular weight is 388 g/mol. The fraction of sp³-hybridized carbons (Fsp3) is 0.174. The lowest BCUT2D eigenvalue weighted by Crippen LogP contribution is -2.09. The van der Waals surface area contributed by atoms with Crippen molar-refractivity contribution in [2.75, 3.05) is 5.32 Å². The molecule has 4 aromatic rings. The van der Waals surface area contributed by atoms with E-state index in [2.05, 4.69) is 27.4 Å². The molecule has 4 nitrogen and oxygen atoms in total. The molecule has 0 aliphatic carbocycles. The van der Waals surface area contributed by atoms with E-state index < -0.39 is 0 Å². The van der Waals surface area contributed by atoms with Crippen LogP contribution < -0.4 is 5.32 Å². The number of nitrogens with one attached hydrogen (secondary N) is 1. The number of nitrogens with zero attached hydrogens (tertiary/aromatic N) is 2. The maximum absolute atomic E-state index is 12.9. The zero-order valence-corrected chi connectivity index (χ0v) is 16.3. The Labute approximate surface area is 168 Å². The molecule has 2 aromatic heterocycles. The molecule has 0 aliphatic rings. The van der Waals surface area contributed by atoms with Gasteiger partial charge >= 0.3 is 0 Å². The van der Waals surface area contributed by atoms with Crippen LogP contribution in [-0.4, -0.2) is 15.8 Å². The molecule has 0 saturated carbocycles. The van der Waals surface area contributed by atoms with E-state index >= 15 is 0 Å². The first-order valence-electron chi connectivity index (χ1n) is 9.40. The Balaban J connectivity index is 1.47. The van der Waals surface area contributed by atoms with E-state index in [-0.39, 0.29) is 5.78 Å². The predicted octanol–water partition coefficient (Wildman–Crippen LogP) is 5.51. The van der Waals surface area contributed by atoms with Crippen molar-refractivity contribution >= 4 is 33.3 Å². The summed E-state index contributed by atoms with van der Waals surface area (Å²) in [6.45, 7) is 0.623. The van der Waals surface area contributed by atoms with Crippen molar-refractivity contribution < 1.29 is 4.79 Å². The summed E-state index contributed by atoms with van der Waals surface area (Å²) in [6, 6.07) is 22.3. The minimum Gasteiger partial charge on any atom is -0.350 e. The Morgan fingerprint density at radius 1 is 0.893 bits per heavy atom. The Hall–Kier alpha value is -3.05. The average Bonchev–Trinajstić information content (AvgIpc) is 3.22. The topological polar surface area (TPSA) is 54.9 Å². The van der Waals surface area contributed by atoms with Gasteiger partial charge in [-0.25, -0.2) is 9.97 Å². The maximum Gasteiger partial charge on any atom is 0.224 e. The van der Waals surface area contributed by atoms with Crippen LogP contribution >= 0.6 is 11.3 Å². The number of ketones is 1. The van der Waals surface area contributed by atoms with Gasteiger partial charge in [-0.2, -0.15) is 0 Å². The molecular weight excluding hydrogens is 366 g/mol. The van der Waals surface area contributed by atoms with Crippen LogP contribution in [0.1, 0.15) is 34.5 Å². The van der Waals surface area contributed by atoms with E-state index in [0.29, 0.717) is 24.6 Å². The van der Waals surface area contributed by atoms with Crippen molar-refractivity contribution in [1.82, 2.24) is 9.97 Å². The molecule has 2 heterocycles. The highest BCUT2D eigenvalue weighted by molar-refractivity contribution is 7.17. The fourth-order valence-electron chi connectivity index (χ4n) is 3.12. The molecule has 0 aliphatic heterocycles. The molecular formula is C23H21N3OS. The van der Waals surface area contributed by atoms with Gasteiger partial charge in [0.1, 0.15) is 5.69 Å². The number of anilines is 1. The third-order valence-corrected chi connectivity index (χ3v) is 5.48. The van der Waals surface area contributed by atoms with Crippen molar-refractivity contribution in [3.8, 4) is 0 Å². The number of carbonyl (C=O) groups is 1. The van der Waals surface area contributed by atoms with Crippen LogP contribution in [-0.2, 0) is 13.0 Å². The van der Waals surface area contributed by atoms with Crippen molar-refractivity contribution in [2.45, 2.75) is 25.8 Å². The number of aryl methyl sites for hydroxylation is 1. The predicted molar refractivity (Wildman–Crippen MR) is 115 cm³/mol. The molecule has 0 amide bonds. The van der Waals surface area contributed by atoms with E-state index in [9.17, 15) is 4.79 Å². The van der Waals surface area contributed by atoms with Gasteiger partial charge in [-0.1, -0.05) is 60.7 Å². The minimum atomic E-state index is 0.0774. The molecule has 0 atom stereocenters. The van der Waals surface area contributed by atoms with Crippen LogP contribution in [0.2, 0.25) is 0 Å². The lowest BCUT2D eigenvalue weighted by Gasteiger charge is -2.08. The van der Waals surface area contributed by atoms with E-state index in [1.165, 1.54) is 16.9 Å². The first-order valence-corrected chi connectivity index (χ1v) is 10.3. The van der Waals surface area contributed by atoms with Crippen LogP contribution in [0.4, 0.5) is 5.95 Å². The quantitative estimate of drug-likeness (QED) is 0.405. The molecule has 0 bridgehead atoms. The number of rotatable bonds is 8. The fourth-order valence-corrected chi connectivity index (χ4v) is 3.96. The van der Waals surface area contributed by atoms with Gasteiger partial charge in [-0.15, -0.1) is 11.3 Å². The molecule has 0 spiro atoms. The number of fused-ring (bicyclic) bond motifs is 1. The third kappa shape index (κ3) is 4.43. The molecule has 4 rings (SSSR count). The Morgan fingerprint density at radius 2 is 1.61 bits per heavy atom. The second kappa shape index (κ2) is 8.76. The second-order valence-electron chi connectivity index (χ2n) is 6.63. The van der Waals surface area contributed by atoms with E-state index in [1.54, 1.807) is 0 Å². The Morgan fingerprint density at radius 3 is 2.36 bits per heavy atom. The zero-order valence-electron chi connectivity index (χ0n) is 15.5. The van der Waals surface area contributed by atoms with E-state index in [1.807, 2.05) is 60.0 Å². The monoisotopic (exact) mass is 387 g/mol. The SMILES string of the molecule is O=C(CCCc1ccccc1)c1nc(NCc2ccccc2)nc2ccsc12. The zero-order chi connectivity index (χ0) is 19.2. The van der Waals surface area contributed by atoms with Crippen molar-refractivity contribution in [2.24, 2.45) is 0 Å². The molecule has 0 fully saturated rings. The molecule has 2 aromatic carbocycles. The summed E-state index contributed by atoms with van der Waals surface area (Å²) in [5.74, 6) is 0.578. The summed E-state index contributed by atoms with van der Waals surface area (Å²) < 4.78 is 0.870. The smallest absolute Gasteiger partial charge is 0.224 e. The van der Waals surface area contributed by atoms with Crippen molar-refractivity contribution in [3.05, 3.63) is 88.9 Å². The second-order valence-corrected chi connectivity index (χ2v) is 7.55. The molecule has 0 unspecified atom stereocenters. The van der Waals surface area contributed by atoms with Crippen molar-refractivity contribution in [3.63, 3.8) is 0 Å². The highest BCUT2D eigenvalue weighted by Crippen LogP contribution is 2.25. The van der Waals surface area contributed by atoms with Crippen LogP contribution in [0.15, 0.2) is 72.1 Å². The number of aromatic nitrogens is 2. The minimum absolute atomic E-state index is 0.0774. The Kier molecular flexibility index (Phi) is 5.73. The standard InChI is InChI=1S/C23H21N3OS/c27-20(13-7-12-17-8-3-1-4-9-17)21-22-19(14-15-28-22)25-23(26-21)24-16-18-10-5-2-6-11-18/h1-6,8-11,14-15H,7,12-13,16H2,(H,24,25,26). The summed E-state index contributed by atoms with van der Waals surface area (Å²) >= 11 is 1.52. The molecule has 1 N–H and O–H groups in total. The number of benzene rings is 2. The maximum atomic E-state index is 12.9. The molecule has 28 heavy (non-hydrogen) atoms. The summed E-state index contributed by atoms with van der Waals surface area (Å²) in [5.41, 5.74) is 3.75. The third-order valence-electron chi connectivity index (χ3n) is 4.57. The number of hydrogen-bond donors (Lipinski definition) is 1. The van der Waals surface area contributed by atoms with Crippen molar-refractivity contribution in [1.29, 1.82) is 0 Å². The summed E-state index contributed by atoms with van der Waals surface area (Å²) in [7, 11) is 0. The summed E-state index contributed by atoms with van der Waals surface area (Å²) in [6.07, 6.45) is 2.19. The lowest BCUT2D eigenvalue weighted by molar-refractivity contribution is 0.0977. The Bertz CT molecular complexity index is 1060. The van der Waals surface area contributed by atoms with E-state index in [4.69, 9.17) is 0 Å². The normalized spacial score (nSPS) is 10.9. The number of Topliss-reactive ketones (excluding diaryl/α,β-unsaturated/α-hetero) is 1.